The van der Waals surface area contributed by atoms with Crippen molar-refractivity contribution < 1.29 is 18.3 Å². The van der Waals surface area contributed by atoms with Gasteiger partial charge in [0.1, 0.15) is 17.2 Å². The highest BCUT2D eigenvalue weighted by atomic mass is 35.5. The summed E-state index contributed by atoms with van der Waals surface area (Å²) < 4.78 is 34.6. The van der Waals surface area contributed by atoms with E-state index in [0.717, 1.165) is 6.07 Å². The molecular weight excluding hydrogens is 432 g/mol. The van der Waals surface area contributed by atoms with E-state index in [0.29, 0.717) is 0 Å². The number of carbonyl (C=O) groups is 1. The van der Waals surface area contributed by atoms with Crippen LogP contribution < -0.4 is 11.1 Å². The summed E-state index contributed by atoms with van der Waals surface area (Å²) >= 11 is 6.02. The normalized spacial score (nSPS) is 15.9. The molecule has 1 saturated heterocycles. The van der Waals surface area contributed by atoms with Crippen LogP contribution in [0.2, 0.25) is 5.02 Å². The fraction of sp³-hybridized carbons (Fsp3) is 0.316. The highest BCUT2D eigenvalue weighted by Gasteiger charge is 2.42. The standard InChI is InChI=1S/C19H18ClF2N7O2/c1-9(25-18(30)19(23)7-31-8-19)16-14(22)3-10(6-24-16)12-4-11(20)5-13(21)15(12)17-26-28-29(2)27-17/h3-6,9H,7-8,23H2,1-2H3,(H,25,30)/t9-/m1/s1. The Morgan fingerprint density at radius 3 is 2.65 bits per heavy atom. The Morgan fingerprint density at radius 1 is 1.32 bits per heavy atom. The molecule has 4 rings (SSSR count). The molecule has 0 unspecified atom stereocenters. The van der Waals surface area contributed by atoms with Crippen molar-refractivity contribution in [3.05, 3.63) is 46.7 Å². The Kier molecular flexibility index (Phi) is 5.42. The fourth-order valence-corrected chi connectivity index (χ4v) is 3.39. The highest BCUT2D eigenvalue weighted by molar-refractivity contribution is 6.31. The molecule has 3 heterocycles. The number of ether oxygens (including phenoxy) is 1. The third-order valence-electron chi connectivity index (χ3n) is 4.90. The van der Waals surface area contributed by atoms with Crippen LogP contribution in [0.25, 0.3) is 22.5 Å². The van der Waals surface area contributed by atoms with Crippen molar-refractivity contribution in [2.45, 2.75) is 18.5 Å². The van der Waals surface area contributed by atoms with Gasteiger partial charge in [0, 0.05) is 16.8 Å². The Bertz CT molecular complexity index is 1170. The number of carbonyl (C=O) groups excluding carboxylic acids is 1. The molecule has 1 amide bonds. The predicted octanol–water partition coefficient (Wildman–Crippen LogP) is 1.78. The van der Waals surface area contributed by atoms with Gasteiger partial charge >= 0.3 is 0 Å². The highest BCUT2D eigenvalue weighted by Crippen LogP contribution is 2.35. The first kappa shape index (κ1) is 21.2. The van der Waals surface area contributed by atoms with E-state index in [1.807, 2.05) is 0 Å². The molecule has 3 N–H and O–H groups in total. The lowest BCUT2D eigenvalue weighted by Gasteiger charge is -2.36. The van der Waals surface area contributed by atoms with Crippen LogP contribution in [0.4, 0.5) is 8.78 Å². The molecule has 3 aromatic rings. The van der Waals surface area contributed by atoms with Crippen molar-refractivity contribution in [3.63, 3.8) is 0 Å². The van der Waals surface area contributed by atoms with Gasteiger partial charge in [0.05, 0.1) is 37.6 Å². The molecule has 2 aromatic heterocycles. The van der Waals surface area contributed by atoms with Crippen LogP contribution in [0.1, 0.15) is 18.7 Å². The number of rotatable bonds is 5. The number of nitrogens with two attached hydrogens (primary N) is 1. The van der Waals surface area contributed by atoms with Crippen LogP contribution in [-0.2, 0) is 16.6 Å². The number of hydrogen-bond acceptors (Lipinski definition) is 7. The lowest BCUT2D eigenvalue weighted by atomic mass is 9.97. The maximum absolute atomic E-state index is 14.9. The van der Waals surface area contributed by atoms with Gasteiger partial charge in [-0.05, 0) is 35.9 Å². The second-order valence-corrected chi connectivity index (χ2v) is 7.78. The van der Waals surface area contributed by atoms with Crippen LogP contribution in [0.5, 0.6) is 0 Å². The molecule has 1 aromatic carbocycles. The Hall–Kier alpha value is -3.02. The van der Waals surface area contributed by atoms with E-state index in [-0.39, 0.29) is 46.4 Å². The van der Waals surface area contributed by atoms with Crippen LogP contribution in [0.15, 0.2) is 24.4 Å². The zero-order chi connectivity index (χ0) is 22.3. The zero-order valence-electron chi connectivity index (χ0n) is 16.6. The third kappa shape index (κ3) is 3.99. The molecule has 1 aliphatic rings. The van der Waals surface area contributed by atoms with E-state index in [2.05, 4.69) is 25.7 Å². The molecule has 1 fully saturated rings. The van der Waals surface area contributed by atoms with Crippen LogP contribution >= 0.6 is 11.6 Å². The number of amides is 1. The van der Waals surface area contributed by atoms with Gasteiger partial charge in [-0.3, -0.25) is 9.78 Å². The molecule has 12 heteroatoms. The minimum absolute atomic E-state index is 0.00243. The molecule has 1 aliphatic heterocycles. The van der Waals surface area contributed by atoms with Gasteiger partial charge in [-0.15, -0.1) is 10.2 Å². The molecule has 1 atom stereocenters. The maximum atomic E-state index is 14.9. The average molecular weight is 450 g/mol. The van der Waals surface area contributed by atoms with Gasteiger partial charge in [-0.25, -0.2) is 8.78 Å². The fourth-order valence-electron chi connectivity index (χ4n) is 3.19. The summed E-state index contributed by atoms with van der Waals surface area (Å²) in [6.45, 7) is 1.78. The topological polar surface area (TPSA) is 121 Å². The molecule has 0 bridgehead atoms. The summed E-state index contributed by atoms with van der Waals surface area (Å²) in [5.74, 6) is -1.81. The average Bonchev–Trinajstić information content (AvgIpc) is 3.10. The van der Waals surface area contributed by atoms with Gasteiger partial charge in [0.25, 0.3) is 0 Å². The van der Waals surface area contributed by atoms with Crippen LogP contribution in [0.3, 0.4) is 0 Å². The first-order valence-corrected chi connectivity index (χ1v) is 9.62. The largest absolute Gasteiger partial charge is 0.376 e. The van der Waals surface area contributed by atoms with Gasteiger partial charge in [0.2, 0.25) is 11.7 Å². The minimum Gasteiger partial charge on any atom is -0.376 e. The Morgan fingerprint density at radius 2 is 2.06 bits per heavy atom. The maximum Gasteiger partial charge on any atom is 0.245 e. The molecule has 9 nitrogen and oxygen atoms in total. The van der Waals surface area contributed by atoms with Crippen molar-refractivity contribution in [2.24, 2.45) is 12.8 Å². The SMILES string of the molecule is C[C@@H](NC(=O)C1(N)COC1)c1ncc(-c2cc(Cl)cc(F)c2-c2nnn(C)n2)cc1F. The first-order valence-electron chi connectivity index (χ1n) is 9.25. The number of pyridine rings is 1. The third-order valence-corrected chi connectivity index (χ3v) is 5.12. The second-order valence-electron chi connectivity index (χ2n) is 7.35. The van der Waals surface area contributed by atoms with E-state index in [1.165, 1.54) is 30.2 Å². The van der Waals surface area contributed by atoms with E-state index >= 15 is 0 Å². The van der Waals surface area contributed by atoms with Gasteiger partial charge in [-0.1, -0.05) is 11.6 Å². The van der Waals surface area contributed by atoms with Crippen molar-refractivity contribution in [2.75, 3.05) is 13.2 Å². The van der Waals surface area contributed by atoms with Crippen LogP contribution in [-0.4, -0.2) is 49.9 Å². The minimum atomic E-state index is -1.12. The predicted molar refractivity (Wildman–Crippen MR) is 107 cm³/mol. The van der Waals surface area contributed by atoms with Crippen molar-refractivity contribution >= 4 is 17.5 Å². The first-order chi connectivity index (χ1) is 14.7. The Labute approximate surface area is 180 Å². The van der Waals surface area contributed by atoms with E-state index < -0.39 is 29.1 Å². The smallest absolute Gasteiger partial charge is 0.245 e. The van der Waals surface area contributed by atoms with Gasteiger partial charge in [0.15, 0.2) is 0 Å². The van der Waals surface area contributed by atoms with Crippen molar-refractivity contribution in [3.8, 4) is 22.5 Å². The lowest BCUT2D eigenvalue weighted by Crippen LogP contribution is -2.66. The summed E-state index contributed by atoms with van der Waals surface area (Å²) in [4.78, 5) is 17.6. The van der Waals surface area contributed by atoms with E-state index in [1.54, 1.807) is 6.92 Å². The molecular formula is C19H18ClF2N7O2. The number of benzene rings is 1. The monoisotopic (exact) mass is 449 g/mol. The number of aryl methyl sites for hydroxylation is 1. The molecule has 0 spiro atoms. The summed E-state index contributed by atoms with van der Waals surface area (Å²) in [6, 6.07) is 3.01. The Balaban J connectivity index is 1.68. The molecule has 0 radical (unpaired) electrons. The number of tetrazole rings is 1. The number of nitrogens with one attached hydrogen (secondary N) is 1. The van der Waals surface area contributed by atoms with Crippen molar-refractivity contribution in [1.82, 2.24) is 30.5 Å². The summed E-state index contributed by atoms with van der Waals surface area (Å²) in [5.41, 5.74) is 5.30. The summed E-state index contributed by atoms with van der Waals surface area (Å²) in [5, 5.41) is 14.3. The lowest BCUT2D eigenvalue weighted by molar-refractivity contribution is -0.144. The number of nitrogens with zero attached hydrogens (tertiary/aromatic N) is 5. The van der Waals surface area contributed by atoms with Gasteiger partial charge in [-0.2, -0.15) is 4.80 Å². The number of hydrogen-bond donors (Lipinski definition) is 2. The summed E-state index contributed by atoms with van der Waals surface area (Å²) in [7, 11) is 1.54. The second kappa shape index (κ2) is 7.91. The zero-order valence-corrected chi connectivity index (χ0v) is 17.3. The van der Waals surface area contributed by atoms with E-state index in [9.17, 15) is 13.6 Å². The number of aromatic nitrogens is 5. The quantitative estimate of drug-likeness (QED) is 0.609. The molecule has 31 heavy (non-hydrogen) atoms. The molecule has 0 aliphatic carbocycles. The number of halogens is 3. The van der Waals surface area contributed by atoms with E-state index in [4.69, 9.17) is 22.1 Å². The molecule has 162 valence electrons. The summed E-state index contributed by atoms with van der Waals surface area (Å²) in [6.07, 6.45) is 1.36. The van der Waals surface area contributed by atoms with Crippen molar-refractivity contribution in [1.29, 1.82) is 0 Å². The van der Waals surface area contributed by atoms with Crippen LogP contribution in [0, 0.1) is 11.6 Å². The molecule has 0 saturated carbocycles. The van der Waals surface area contributed by atoms with Gasteiger partial charge < -0.3 is 15.8 Å².